The van der Waals surface area contributed by atoms with Gasteiger partial charge in [0.1, 0.15) is 11.6 Å². The van der Waals surface area contributed by atoms with Crippen molar-refractivity contribution in [3.8, 4) is 0 Å². The van der Waals surface area contributed by atoms with Gasteiger partial charge in [-0.15, -0.1) is 11.6 Å². The minimum atomic E-state index is -4.23. The van der Waals surface area contributed by atoms with Gasteiger partial charge < -0.3 is 4.57 Å². The minimum absolute atomic E-state index is 0.0494. The van der Waals surface area contributed by atoms with E-state index in [0.29, 0.717) is 0 Å². The van der Waals surface area contributed by atoms with Crippen LogP contribution in [0, 0.1) is 9.39 Å². The molecule has 0 N–H and O–H groups in total. The van der Waals surface area contributed by atoms with Gasteiger partial charge in [0.25, 0.3) is 0 Å². The molecule has 0 fully saturated rings. The van der Waals surface area contributed by atoms with Crippen LogP contribution in [0.2, 0.25) is 0 Å². The Morgan fingerprint density at radius 2 is 2.00 bits per heavy atom. The van der Waals surface area contributed by atoms with Crippen LogP contribution in [-0.2, 0) is 13.0 Å². The van der Waals surface area contributed by atoms with Crippen LogP contribution in [0.3, 0.4) is 0 Å². The maximum absolute atomic E-state index is 13.6. The van der Waals surface area contributed by atoms with E-state index in [4.69, 9.17) is 11.6 Å². The average molecular weight is 439 g/mol. The summed E-state index contributed by atoms with van der Waals surface area (Å²) in [6, 6.07) is 2.39. The first-order valence-electron chi connectivity index (χ1n) is 5.82. The number of rotatable bonds is 5. The molecule has 116 valence electrons. The zero-order valence-corrected chi connectivity index (χ0v) is 13.3. The van der Waals surface area contributed by atoms with Crippen molar-refractivity contribution in [3.05, 3.63) is 27.3 Å². The Morgan fingerprint density at radius 3 is 2.57 bits per heavy atom. The van der Waals surface area contributed by atoms with Crippen LogP contribution in [0.1, 0.15) is 5.82 Å². The van der Waals surface area contributed by atoms with Crippen LogP contribution >= 0.6 is 34.2 Å². The molecular formula is C12H9ClF5IN2. The lowest BCUT2D eigenvalue weighted by atomic mass is 10.3. The third-order valence-electron chi connectivity index (χ3n) is 2.88. The predicted molar refractivity (Wildman–Crippen MR) is 77.8 cm³/mol. The first-order valence-corrected chi connectivity index (χ1v) is 7.43. The van der Waals surface area contributed by atoms with Crippen molar-refractivity contribution < 1.29 is 22.0 Å². The van der Waals surface area contributed by atoms with Crippen LogP contribution in [0.4, 0.5) is 22.0 Å². The van der Waals surface area contributed by atoms with Crippen LogP contribution in [0.25, 0.3) is 11.0 Å². The summed E-state index contributed by atoms with van der Waals surface area (Å²) in [5.74, 6) is -4.64. The Labute approximate surface area is 135 Å². The lowest BCUT2D eigenvalue weighted by molar-refractivity contribution is -0.137. The van der Waals surface area contributed by atoms with E-state index in [2.05, 4.69) is 4.98 Å². The second-order valence-corrected chi connectivity index (χ2v) is 5.91. The van der Waals surface area contributed by atoms with E-state index >= 15 is 0 Å². The van der Waals surface area contributed by atoms with Crippen molar-refractivity contribution in [1.82, 2.24) is 9.55 Å². The maximum Gasteiger partial charge on any atom is 0.324 e. The van der Waals surface area contributed by atoms with Crippen LogP contribution in [-0.4, -0.2) is 27.8 Å². The largest absolute Gasteiger partial charge is 0.324 e. The molecule has 0 saturated heterocycles. The number of benzene rings is 1. The number of halogens is 7. The highest BCUT2D eigenvalue weighted by atomic mass is 127. The van der Waals surface area contributed by atoms with Gasteiger partial charge in [0.05, 0.1) is 21.1 Å². The molecule has 2 rings (SSSR count). The number of hydrogen-bond donors (Lipinski definition) is 0. The fraction of sp³-hybridized carbons (Fsp3) is 0.417. The summed E-state index contributed by atoms with van der Waals surface area (Å²) in [5.41, 5.74) is 0.319. The Hall–Kier alpha value is -0.640. The molecule has 0 bridgehead atoms. The minimum Gasteiger partial charge on any atom is -0.322 e. The molecule has 0 aliphatic carbocycles. The van der Waals surface area contributed by atoms with Crippen LogP contribution < -0.4 is 0 Å². The van der Waals surface area contributed by atoms with Crippen LogP contribution in [0.15, 0.2) is 12.1 Å². The topological polar surface area (TPSA) is 17.8 Å². The van der Waals surface area contributed by atoms with Gasteiger partial charge in [-0.1, -0.05) is 0 Å². The number of alkyl halides is 5. The summed E-state index contributed by atoms with van der Waals surface area (Å²) in [4.78, 5) is 4.08. The van der Waals surface area contributed by atoms with Gasteiger partial charge >= 0.3 is 12.3 Å². The molecular weight excluding hydrogens is 429 g/mol. The SMILES string of the molecule is Fc1cc2c(cc1I)nc(CCCl)n2CC(F)(F)C(F)F. The van der Waals surface area contributed by atoms with E-state index in [0.717, 1.165) is 10.6 Å². The van der Waals surface area contributed by atoms with E-state index in [1.165, 1.54) is 6.07 Å². The average Bonchev–Trinajstić information content (AvgIpc) is 2.68. The monoisotopic (exact) mass is 438 g/mol. The van der Waals surface area contributed by atoms with Crippen molar-refractivity contribution in [1.29, 1.82) is 0 Å². The van der Waals surface area contributed by atoms with Gasteiger partial charge in [-0.2, -0.15) is 8.78 Å². The third-order valence-corrected chi connectivity index (χ3v) is 3.89. The van der Waals surface area contributed by atoms with E-state index in [1.54, 1.807) is 22.6 Å². The number of hydrogen-bond acceptors (Lipinski definition) is 1. The summed E-state index contributed by atoms with van der Waals surface area (Å²) in [6.45, 7) is -1.27. The summed E-state index contributed by atoms with van der Waals surface area (Å²) < 4.78 is 66.2. The highest BCUT2D eigenvalue weighted by Gasteiger charge is 2.42. The summed E-state index contributed by atoms with van der Waals surface area (Å²) in [7, 11) is 0. The first-order chi connectivity index (χ1) is 9.76. The van der Waals surface area contributed by atoms with Crippen molar-refractivity contribution in [2.24, 2.45) is 0 Å². The lowest BCUT2D eigenvalue weighted by Gasteiger charge is -2.18. The molecule has 1 heterocycles. The van der Waals surface area contributed by atoms with Gasteiger partial charge in [-0.25, -0.2) is 18.2 Å². The standard InChI is InChI=1S/C12H9ClF5IN2/c13-2-1-10-20-8-4-7(19)6(14)3-9(8)21(10)5-12(17,18)11(15)16/h3-4,11H,1-2,5H2. The van der Waals surface area contributed by atoms with E-state index in [9.17, 15) is 22.0 Å². The second-order valence-electron chi connectivity index (χ2n) is 4.37. The van der Waals surface area contributed by atoms with E-state index in [1.807, 2.05) is 0 Å². The number of aryl methyl sites for hydroxylation is 1. The van der Waals surface area contributed by atoms with Gasteiger partial charge in [-0.05, 0) is 28.7 Å². The zero-order valence-electron chi connectivity index (χ0n) is 10.4. The van der Waals surface area contributed by atoms with Gasteiger partial charge in [0.15, 0.2) is 0 Å². The Bertz CT molecular complexity index is 659. The number of fused-ring (bicyclic) bond motifs is 1. The van der Waals surface area contributed by atoms with Crippen molar-refractivity contribution in [2.75, 3.05) is 5.88 Å². The predicted octanol–water partition coefficient (Wildman–Crippen LogP) is 4.46. The molecule has 21 heavy (non-hydrogen) atoms. The highest BCUT2D eigenvalue weighted by Crippen LogP contribution is 2.29. The molecule has 0 unspecified atom stereocenters. The smallest absolute Gasteiger partial charge is 0.322 e. The zero-order chi connectivity index (χ0) is 15.8. The number of imidazole rings is 1. The summed E-state index contributed by atoms with van der Waals surface area (Å²) >= 11 is 7.30. The number of aromatic nitrogens is 2. The molecule has 2 nitrogen and oxygen atoms in total. The van der Waals surface area contributed by atoms with E-state index in [-0.39, 0.29) is 32.7 Å². The van der Waals surface area contributed by atoms with Gasteiger partial charge in [0.2, 0.25) is 0 Å². The quantitative estimate of drug-likeness (QED) is 0.383. The third kappa shape index (κ3) is 3.41. The molecule has 0 spiro atoms. The molecule has 0 amide bonds. The molecule has 0 radical (unpaired) electrons. The Balaban J connectivity index is 2.58. The normalized spacial score (nSPS) is 12.6. The molecule has 1 aromatic carbocycles. The molecule has 0 aliphatic heterocycles. The Kier molecular flexibility index (Phi) is 4.96. The molecule has 1 aromatic heterocycles. The first kappa shape index (κ1) is 16.7. The Morgan fingerprint density at radius 1 is 1.33 bits per heavy atom. The fourth-order valence-electron chi connectivity index (χ4n) is 1.90. The van der Waals surface area contributed by atoms with Gasteiger partial charge in [0, 0.05) is 18.4 Å². The molecule has 0 saturated carbocycles. The highest BCUT2D eigenvalue weighted by molar-refractivity contribution is 14.1. The molecule has 2 aromatic rings. The summed E-state index contributed by atoms with van der Waals surface area (Å²) in [5, 5.41) is 0. The fourth-order valence-corrected chi connectivity index (χ4v) is 2.52. The lowest BCUT2D eigenvalue weighted by Crippen LogP contribution is -2.32. The van der Waals surface area contributed by atoms with Gasteiger partial charge in [-0.3, -0.25) is 0 Å². The second kappa shape index (κ2) is 6.23. The molecule has 0 atom stereocenters. The van der Waals surface area contributed by atoms with Crippen molar-refractivity contribution in [3.63, 3.8) is 0 Å². The summed E-state index contributed by atoms with van der Waals surface area (Å²) in [6.07, 6.45) is -3.69. The molecule has 0 aliphatic rings. The van der Waals surface area contributed by atoms with Crippen molar-refractivity contribution in [2.45, 2.75) is 25.3 Å². The maximum atomic E-state index is 13.6. The van der Waals surface area contributed by atoms with Crippen LogP contribution in [0.5, 0.6) is 0 Å². The molecule has 9 heteroatoms. The van der Waals surface area contributed by atoms with Crippen molar-refractivity contribution >= 4 is 45.2 Å². The van der Waals surface area contributed by atoms with E-state index < -0.39 is 24.7 Å². The number of nitrogens with zero attached hydrogens (tertiary/aromatic N) is 2.